The zero-order chi connectivity index (χ0) is 22.5. The predicted octanol–water partition coefficient (Wildman–Crippen LogP) is 3.50. The van der Waals surface area contributed by atoms with E-state index in [0.29, 0.717) is 16.1 Å². The Morgan fingerprint density at radius 1 is 1.31 bits per heavy atom. The Bertz CT molecular complexity index is 1080. The molecule has 2 aliphatic heterocycles. The molecule has 2 fully saturated rings. The summed E-state index contributed by atoms with van der Waals surface area (Å²) in [4.78, 5) is 9.88. The quantitative estimate of drug-likeness (QED) is 0.573. The van der Waals surface area contributed by atoms with E-state index in [9.17, 15) is 18.3 Å². The number of likely N-dealkylation sites (tertiary alicyclic amines) is 1. The number of aromatic nitrogens is 2. The number of nitrogens with zero attached hydrogens (tertiary/aromatic N) is 3. The molecule has 172 valence electrons. The van der Waals surface area contributed by atoms with Crippen LogP contribution < -0.4 is 5.32 Å². The summed E-state index contributed by atoms with van der Waals surface area (Å²) in [5.74, 6) is 0.259. The first-order valence-corrected chi connectivity index (χ1v) is 11.3. The van der Waals surface area contributed by atoms with Crippen LogP contribution in [-0.4, -0.2) is 64.0 Å². The number of fused-ring (bicyclic) bond motifs is 3. The molecule has 7 nitrogen and oxygen atoms in total. The van der Waals surface area contributed by atoms with E-state index in [1.54, 1.807) is 11.6 Å². The Morgan fingerprint density at radius 3 is 2.69 bits per heavy atom. The Morgan fingerprint density at radius 2 is 2.06 bits per heavy atom. The molecule has 2 saturated heterocycles. The minimum absolute atomic E-state index is 0.0297. The first-order chi connectivity index (χ1) is 15.3. The molecule has 0 aliphatic carbocycles. The third kappa shape index (κ3) is 3.71. The molecule has 3 aromatic rings. The molecular formula is C21H23F3N4O3S. The van der Waals surface area contributed by atoms with Gasteiger partial charge in [0.05, 0.1) is 12.7 Å². The number of hydrogen-bond acceptors (Lipinski definition) is 8. The van der Waals surface area contributed by atoms with Gasteiger partial charge in [-0.15, -0.1) is 11.3 Å². The summed E-state index contributed by atoms with van der Waals surface area (Å²) >= 11 is 1.33. The first kappa shape index (κ1) is 21.8. The molecule has 0 radical (unpaired) electrons. The van der Waals surface area contributed by atoms with Gasteiger partial charge in [0, 0.05) is 42.3 Å². The molecule has 0 spiro atoms. The lowest BCUT2D eigenvalue weighted by Crippen LogP contribution is -2.65. The van der Waals surface area contributed by atoms with Crippen molar-refractivity contribution >= 4 is 22.4 Å². The zero-order valence-electron chi connectivity index (χ0n) is 17.3. The number of benzene rings is 1. The maximum atomic E-state index is 14.9. The van der Waals surface area contributed by atoms with Crippen LogP contribution in [0.1, 0.15) is 25.3 Å². The molecule has 4 atom stereocenters. The van der Waals surface area contributed by atoms with E-state index in [1.165, 1.54) is 41.4 Å². The van der Waals surface area contributed by atoms with Gasteiger partial charge in [-0.1, -0.05) is 6.07 Å². The largest absolute Gasteiger partial charge is 0.436 e. The van der Waals surface area contributed by atoms with Crippen molar-refractivity contribution in [3.63, 3.8) is 0 Å². The number of aliphatic hydroxyl groups excluding tert-OH is 1. The third-order valence-corrected chi connectivity index (χ3v) is 6.73. The molecule has 32 heavy (non-hydrogen) atoms. The van der Waals surface area contributed by atoms with Crippen molar-refractivity contribution in [1.29, 1.82) is 0 Å². The van der Waals surface area contributed by atoms with E-state index < -0.39 is 24.6 Å². The number of ether oxygens (including phenoxy) is 1. The van der Waals surface area contributed by atoms with Gasteiger partial charge in [0.1, 0.15) is 5.52 Å². The van der Waals surface area contributed by atoms with Crippen LogP contribution in [0.5, 0.6) is 0 Å². The van der Waals surface area contributed by atoms with Crippen LogP contribution in [0, 0.1) is 0 Å². The van der Waals surface area contributed by atoms with E-state index in [0.717, 1.165) is 12.8 Å². The number of alkyl halides is 3. The Balaban J connectivity index is 1.62. The lowest BCUT2D eigenvalue weighted by Gasteiger charge is -2.48. The van der Waals surface area contributed by atoms with Gasteiger partial charge in [-0.3, -0.25) is 4.90 Å². The van der Waals surface area contributed by atoms with Gasteiger partial charge in [0.2, 0.25) is 5.72 Å². The van der Waals surface area contributed by atoms with Crippen LogP contribution in [-0.2, 0) is 10.5 Å². The molecule has 5 rings (SSSR count). The standard InChI is InChI=1S/C21H23F3N4O3S/c1-12(29)11-30-20(21(22,23)24,28-9-14-3-4-15(10-28)26-14)13-2-5-17-16(8-13)27-18(31-17)19-25-6-7-32-19/h2,5-8,12,14-15,26,29H,3-4,9-11H2,1H3. The van der Waals surface area contributed by atoms with E-state index in [4.69, 9.17) is 9.15 Å². The highest BCUT2D eigenvalue weighted by molar-refractivity contribution is 7.12. The lowest BCUT2D eigenvalue weighted by molar-refractivity contribution is -0.348. The Labute approximate surface area is 186 Å². The van der Waals surface area contributed by atoms with Gasteiger partial charge < -0.3 is 19.6 Å². The fourth-order valence-electron chi connectivity index (χ4n) is 4.64. The van der Waals surface area contributed by atoms with Crippen LogP contribution >= 0.6 is 11.3 Å². The second-order valence-electron chi connectivity index (χ2n) is 8.38. The van der Waals surface area contributed by atoms with Gasteiger partial charge in [-0.25, -0.2) is 9.97 Å². The van der Waals surface area contributed by atoms with Crippen molar-refractivity contribution in [2.45, 2.75) is 49.9 Å². The normalized spacial score (nSPS) is 24.7. The second kappa shape index (κ2) is 8.07. The fraction of sp³-hybridized carbons (Fsp3) is 0.524. The second-order valence-corrected chi connectivity index (χ2v) is 9.28. The number of hydrogen-bond donors (Lipinski definition) is 2. The molecule has 1 aromatic carbocycles. The van der Waals surface area contributed by atoms with Crippen LogP contribution in [0.15, 0.2) is 34.2 Å². The minimum Gasteiger partial charge on any atom is -0.434 e. The molecule has 2 aliphatic rings. The van der Waals surface area contributed by atoms with E-state index in [2.05, 4.69) is 15.3 Å². The van der Waals surface area contributed by atoms with Gasteiger partial charge in [-0.05, 0) is 31.9 Å². The molecule has 2 bridgehead atoms. The molecule has 2 aromatic heterocycles. The van der Waals surface area contributed by atoms with Crippen LogP contribution in [0.4, 0.5) is 13.2 Å². The number of oxazole rings is 1. The minimum atomic E-state index is -4.76. The van der Waals surface area contributed by atoms with Crippen molar-refractivity contribution in [3.8, 4) is 10.9 Å². The number of nitrogens with one attached hydrogen (secondary N) is 1. The number of thiazole rings is 1. The molecular weight excluding hydrogens is 445 g/mol. The van der Waals surface area contributed by atoms with E-state index in [1.807, 2.05) is 0 Å². The monoisotopic (exact) mass is 468 g/mol. The summed E-state index contributed by atoms with van der Waals surface area (Å²) in [6.45, 7) is 1.33. The number of halogens is 3. The van der Waals surface area contributed by atoms with E-state index >= 15 is 0 Å². The summed E-state index contributed by atoms with van der Waals surface area (Å²) in [6.07, 6.45) is -2.55. The summed E-state index contributed by atoms with van der Waals surface area (Å²) in [5, 5.41) is 15.4. The number of rotatable bonds is 6. The highest BCUT2D eigenvalue weighted by Gasteiger charge is 2.63. The van der Waals surface area contributed by atoms with Crippen molar-refractivity contribution in [3.05, 3.63) is 35.3 Å². The molecule has 0 saturated carbocycles. The van der Waals surface area contributed by atoms with Crippen molar-refractivity contribution in [2.24, 2.45) is 0 Å². The van der Waals surface area contributed by atoms with Crippen molar-refractivity contribution in [2.75, 3.05) is 19.7 Å². The summed E-state index contributed by atoms with van der Waals surface area (Å²) in [6, 6.07) is 4.17. The topological polar surface area (TPSA) is 83.6 Å². The van der Waals surface area contributed by atoms with Crippen LogP contribution in [0.2, 0.25) is 0 Å². The highest BCUT2D eigenvalue weighted by Crippen LogP contribution is 2.47. The molecule has 4 unspecified atom stereocenters. The van der Waals surface area contributed by atoms with Crippen LogP contribution in [0.3, 0.4) is 0 Å². The zero-order valence-corrected chi connectivity index (χ0v) is 18.1. The van der Waals surface area contributed by atoms with Gasteiger partial charge in [-0.2, -0.15) is 13.2 Å². The maximum absolute atomic E-state index is 14.9. The molecule has 4 heterocycles. The SMILES string of the molecule is CC(O)COC(c1ccc2oc(-c3nccs3)nc2c1)(N1CC2CCC(C1)N2)C(F)(F)F. The first-order valence-electron chi connectivity index (χ1n) is 10.5. The van der Waals surface area contributed by atoms with Gasteiger partial charge >= 0.3 is 6.18 Å². The lowest BCUT2D eigenvalue weighted by atomic mass is 9.97. The van der Waals surface area contributed by atoms with Crippen molar-refractivity contribution in [1.82, 2.24) is 20.2 Å². The molecule has 2 N–H and O–H groups in total. The molecule has 0 amide bonds. The fourth-order valence-corrected chi connectivity index (χ4v) is 5.20. The smallest absolute Gasteiger partial charge is 0.434 e. The third-order valence-electron chi connectivity index (χ3n) is 5.97. The maximum Gasteiger partial charge on any atom is 0.436 e. The van der Waals surface area contributed by atoms with Gasteiger partial charge in [0.25, 0.3) is 5.89 Å². The summed E-state index contributed by atoms with van der Waals surface area (Å²) in [5.41, 5.74) is -2.13. The predicted molar refractivity (Wildman–Crippen MR) is 112 cm³/mol. The Hall–Kier alpha value is -2.05. The highest BCUT2D eigenvalue weighted by atomic mass is 32.1. The summed E-state index contributed by atoms with van der Waals surface area (Å²) in [7, 11) is 0. The number of piperazine rings is 1. The molecule has 11 heteroatoms. The van der Waals surface area contributed by atoms with Crippen molar-refractivity contribution < 1.29 is 27.4 Å². The average molecular weight is 469 g/mol. The van der Waals surface area contributed by atoms with Gasteiger partial charge in [0.15, 0.2) is 10.6 Å². The summed E-state index contributed by atoms with van der Waals surface area (Å²) < 4.78 is 55.9. The van der Waals surface area contributed by atoms with E-state index in [-0.39, 0.29) is 36.6 Å². The van der Waals surface area contributed by atoms with Crippen LogP contribution in [0.25, 0.3) is 22.0 Å². The number of aliphatic hydroxyl groups is 1. The average Bonchev–Trinajstić information content (AvgIpc) is 3.46. The Kier molecular flexibility index (Phi) is 5.49.